The number of hydrogen-bond donors (Lipinski definition) is 4. The molecule has 178 valence electrons. The quantitative estimate of drug-likeness (QED) is 0.155. The first-order valence-electron chi connectivity index (χ1n) is 11.1. The van der Waals surface area contributed by atoms with Gasteiger partial charge in [-0.15, -0.1) is 0 Å². The average Bonchev–Trinajstić information content (AvgIpc) is 2.87. The highest BCUT2D eigenvalue weighted by Crippen LogP contribution is 2.42. The van der Waals surface area contributed by atoms with Crippen LogP contribution in [0.4, 0.5) is 10.5 Å². The second-order valence-electron chi connectivity index (χ2n) is 8.79. The van der Waals surface area contributed by atoms with E-state index in [4.69, 9.17) is 9.94 Å². The summed E-state index contributed by atoms with van der Waals surface area (Å²) in [7, 11) is 0. The number of ether oxygens (including phenoxy) is 1. The van der Waals surface area contributed by atoms with E-state index in [1.165, 1.54) is 6.08 Å². The molecule has 0 heterocycles. The Balaban J connectivity index is 1.74. The first kappa shape index (κ1) is 23.8. The molecule has 4 aromatic carbocycles. The minimum atomic E-state index is -0.873. The van der Waals surface area contributed by atoms with Gasteiger partial charge in [0.05, 0.1) is 5.69 Å². The average molecular weight is 471 g/mol. The lowest BCUT2D eigenvalue weighted by molar-refractivity contribution is -0.124. The topological polar surface area (TPSA) is 108 Å². The first-order chi connectivity index (χ1) is 16.8. The number of phenolic OH excluding ortho intramolecular Hbond substituents is 1. The van der Waals surface area contributed by atoms with Crippen molar-refractivity contribution in [2.75, 3.05) is 5.32 Å². The van der Waals surface area contributed by atoms with E-state index in [0.717, 1.165) is 10.8 Å². The third-order valence-electron chi connectivity index (χ3n) is 5.92. The Morgan fingerprint density at radius 2 is 1.54 bits per heavy atom. The van der Waals surface area contributed by atoms with E-state index in [9.17, 15) is 14.7 Å². The highest BCUT2D eigenvalue weighted by molar-refractivity contribution is 6.00. The van der Waals surface area contributed by atoms with Gasteiger partial charge in [0.15, 0.2) is 0 Å². The molecule has 7 nitrogen and oxygen atoms in total. The molecule has 0 saturated carbocycles. The molecule has 1 atom stereocenters. The number of carbonyl (C=O) groups excluding carboxylic acids is 2. The third kappa shape index (κ3) is 5.10. The lowest BCUT2D eigenvalue weighted by Crippen LogP contribution is -2.28. The zero-order valence-corrected chi connectivity index (χ0v) is 19.4. The highest BCUT2D eigenvalue weighted by atomic mass is 16.6. The van der Waals surface area contributed by atoms with Crippen LogP contribution in [0.15, 0.2) is 91.0 Å². The van der Waals surface area contributed by atoms with Crippen LogP contribution in [-0.4, -0.2) is 22.3 Å². The molecule has 0 aromatic heterocycles. The van der Waals surface area contributed by atoms with Crippen molar-refractivity contribution in [3.8, 4) is 5.75 Å². The Labute approximate surface area is 202 Å². The molecular weight excluding hydrogens is 444 g/mol. The van der Waals surface area contributed by atoms with Gasteiger partial charge in [-0.2, -0.15) is 0 Å². The van der Waals surface area contributed by atoms with Crippen molar-refractivity contribution in [1.82, 2.24) is 5.48 Å². The van der Waals surface area contributed by atoms with Crippen LogP contribution in [0.3, 0.4) is 0 Å². The molecule has 2 amide bonds. The summed E-state index contributed by atoms with van der Waals surface area (Å²) in [6.45, 7) is 3.62. The number of hydroxylamine groups is 1. The van der Waals surface area contributed by atoms with Gasteiger partial charge in [-0.25, -0.2) is 10.3 Å². The Morgan fingerprint density at radius 1 is 0.886 bits per heavy atom. The zero-order chi connectivity index (χ0) is 25.0. The molecule has 0 bridgehead atoms. The predicted octanol–water partition coefficient (Wildman–Crippen LogP) is 6.08. The van der Waals surface area contributed by atoms with Crippen molar-refractivity contribution in [2.45, 2.75) is 20.0 Å². The molecule has 0 saturated heterocycles. The van der Waals surface area contributed by atoms with Gasteiger partial charge in [-0.1, -0.05) is 86.7 Å². The summed E-state index contributed by atoms with van der Waals surface area (Å²) in [5.41, 5.74) is 1.96. The lowest BCUT2D eigenvalue weighted by Gasteiger charge is -2.32. The van der Waals surface area contributed by atoms with Crippen molar-refractivity contribution < 1.29 is 24.6 Å². The van der Waals surface area contributed by atoms with Crippen molar-refractivity contribution >= 4 is 39.2 Å². The second-order valence-corrected chi connectivity index (χ2v) is 8.79. The number of fused-ring (bicyclic) bond motifs is 2. The summed E-state index contributed by atoms with van der Waals surface area (Å²) in [5, 5.41) is 25.2. The Morgan fingerprint density at radius 3 is 2.29 bits per heavy atom. The molecule has 7 heteroatoms. The Kier molecular flexibility index (Phi) is 6.71. The number of aromatic hydroxyl groups is 1. The molecule has 0 aliphatic heterocycles. The molecule has 0 radical (unpaired) electrons. The monoisotopic (exact) mass is 470 g/mol. The lowest BCUT2D eigenvalue weighted by atomic mass is 9.80. The number of nitrogens with one attached hydrogen (secondary N) is 2. The normalized spacial score (nSPS) is 12.5. The third-order valence-corrected chi connectivity index (χ3v) is 5.92. The van der Waals surface area contributed by atoms with Crippen LogP contribution in [0.25, 0.3) is 21.5 Å². The second kappa shape index (κ2) is 9.87. The van der Waals surface area contributed by atoms with Crippen molar-refractivity contribution in [1.29, 1.82) is 0 Å². The van der Waals surface area contributed by atoms with Crippen LogP contribution >= 0.6 is 0 Å². The molecule has 0 fully saturated rings. The fourth-order valence-electron chi connectivity index (χ4n) is 4.15. The van der Waals surface area contributed by atoms with E-state index in [1.54, 1.807) is 35.8 Å². The van der Waals surface area contributed by atoms with Gasteiger partial charge in [-0.3, -0.25) is 15.3 Å². The van der Waals surface area contributed by atoms with Crippen LogP contribution in [0, 0.1) is 5.41 Å². The van der Waals surface area contributed by atoms with Crippen LogP contribution < -0.4 is 10.8 Å². The smallest absolute Gasteiger partial charge is 0.412 e. The van der Waals surface area contributed by atoms with E-state index in [-0.39, 0.29) is 5.75 Å². The molecule has 4 N–H and O–H groups in total. The number of hydrogen-bond acceptors (Lipinski definition) is 5. The fraction of sp³-hybridized carbons (Fsp3) is 0.143. The number of benzene rings is 4. The van der Waals surface area contributed by atoms with Crippen molar-refractivity contribution in [2.24, 2.45) is 5.41 Å². The largest absolute Gasteiger partial charge is 0.507 e. The SMILES string of the molecule is CC(C)(/C=C/C(=O)NO)[C@@H](OC(=O)Nc1cccc2ccccc12)c1ccc(O)c2ccccc12. The molecule has 4 aromatic rings. The standard InChI is InChI=1S/C28H26N2O5/c1-28(2,17-16-25(32)30-34)26(22-14-15-24(31)21-12-6-5-11-20(21)22)35-27(33)29-23-13-7-9-18-8-3-4-10-19(18)23/h3-17,26,31,34H,1-2H3,(H,29,33)(H,30,32)/b17-16+/t26-/m0/s1. The van der Waals surface area contributed by atoms with E-state index >= 15 is 0 Å². The molecule has 0 aliphatic rings. The van der Waals surface area contributed by atoms with Gasteiger partial charge in [-0.05, 0) is 22.9 Å². The van der Waals surface area contributed by atoms with Crippen LogP contribution in [-0.2, 0) is 9.53 Å². The minimum Gasteiger partial charge on any atom is -0.507 e. The number of amides is 2. The summed E-state index contributed by atoms with van der Waals surface area (Å²) >= 11 is 0. The number of phenols is 1. The zero-order valence-electron chi connectivity index (χ0n) is 19.4. The maximum absolute atomic E-state index is 13.2. The molecule has 35 heavy (non-hydrogen) atoms. The molecule has 4 rings (SSSR count). The fourth-order valence-corrected chi connectivity index (χ4v) is 4.15. The molecular formula is C28H26N2O5. The maximum atomic E-state index is 13.2. The van der Waals surface area contributed by atoms with Gasteiger partial charge >= 0.3 is 6.09 Å². The van der Waals surface area contributed by atoms with Crippen LogP contribution in [0.1, 0.15) is 25.5 Å². The Hall–Kier alpha value is -4.36. The summed E-state index contributed by atoms with van der Waals surface area (Å²) < 4.78 is 5.99. The summed E-state index contributed by atoms with van der Waals surface area (Å²) in [4.78, 5) is 24.8. The van der Waals surface area contributed by atoms with E-state index in [0.29, 0.717) is 22.0 Å². The maximum Gasteiger partial charge on any atom is 0.412 e. The van der Waals surface area contributed by atoms with Gasteiger partial charge in [0.2, 0.25) is 0 Å². The number of anilines is 1. The summed E-state index contributed by atoms with van der Waals surface area (Å²) in [6.07, 6.45) is 1.24. The molecule has 0 spiro atoms. The summed E-state index contributed by atoms with van der Waals surface area (Å²) in [5.74, 6) is -0.594. The first-order valence-corrected chi connectivity index (χ1v) is 11.1. The minimum absolute atomic E-state index is 0.108. The van der Waals surface area contributed by atoms with Gasteiger partial charge < -0.3 is 9.84 Å². The van der Waals surface area contributed by atoms with Gasteiger partial charge in [0.1, 0.15) is 11.9 Å². The predicted molar refractivity (Wildman–Crippen MR) is 135 cm³/mol. The molecule has 0 unspecified atom stereocenters. The number of carbonyl (C=O) groups is 2. The van der Waals surface area contributed by atoms with Crippen LogP contribution in [0.5, 0.6) is 5.75 Å². The number of rotatable bonds is 6. The van der Waals surface area contributed by atoms with E-state index in [1.807, 2.05) is 68.4 Å². The van der Waals surface area contributed by atoms with E-state index in [2.05, 4.69) is 5.32 Å². The van der Waals surface area contributed by atoms with Crippen LogP contribution in [0.2, 0.25) is 0 Å². The van der Waals surface area contributed by atoms with Crippen molar-refractivity contribution in [3.63, 3.8) is 0 Å². The van der Waals surface area contributed by atoms with Gasteiger partial charge in [0.25, 0.3) is 5.91 Å². The Bertz CT molecular complexity index is 1420. The van der Waals surface area contributed by atoms with Gasteiger partial charge in [0, 0.05) is 27.8 Å². The summed E-state index contributed by atoms with van der Waals surface area (Å²) in [6, 6.07) is 23.8. The van der Waals surface area contributed by atoms with E-state index < -0.39 is 23.5 Å². The molecule has 0 aliphatic carbocycles. The van der Waals surface area contributed by atoms with Crippen molar-refractivity contribution in [3.05, 3.63) is 96.6 Å². The highest BCUT2D eigenvalue weighted by Gasteiger charge is 2.34.